The zero-order valence-electron chi connectivity index (χ0n) is 21.7. The number of likely N-dealkylation sites (tertiary alicyclic amines) is 1. The van der Waals surface area contributed by atoms with Crippen molar-refractivity contribution in [2.24, 2.45) is 10.9 Å². The van der Waals surface area contributed by atoms with Gasteiger partial charge in [0.15, 0.2) is 5.01 Å². The maximum Gasteiger partial charge on any atom is 0.396 e. The third kappa shape index (κ3) is 6.17. The quantitative estimate of drug-likeness (QED) is 0.532. The Labute approximate surface area is 218 Å². The standard InChI is InChI=1S/C25H34F3N5O3S/c1-13-7-6-8-33(13)22(35)18-19(37-21(31-18)20(34)30-14-10-24(5,36)11-14)15-12-29-17(32-23(2,3)4)9-16(15)25(26,27)28/h12-14,16,36H,6-11H2,1-5H3,(H,29,32)(H,30,34)/t13-,14?,16?,24?/m0/s1. The van der Waals surface area contributed by atoms with Crippen LogP contribution in [0, 0.1) is 5.92 Å². The molecule has 1 aromatic heterocycles. The van der Waals surface area contributed by atoms with Crippen LogP contribution in [-0.2, 0) is 0 Å². The number of carbonyl (C=O) groups is 2. The highest BCUT2D eigenvalue weighted by molar-refractivity contribution is 7.15. The number of hydrogen-bond donors (Lipinski definition) is 3. The van der Waals surface area contributed by atoms with Gasteiger partial charge in [-0.3, -0.25) is 14.6 Å². The lowest BCUT2D eigenvalue weighted by Crippen LogP contribution is -2.53. The highest BCUT2D eigenvalue weighted by Crippen LogP contribution is 2.44. The molecule has 1 saturated heterocycles. The predicted octanol–water partition coefficient (Wildman–Crippen LogP) is 4.12. The molecule has 0 radical (unpaired) electrons. The average molecular weight is 542 g/mol. The normalized spacial score (nSPS) is 29.5. The van der Waals surface area contributed by atoms with Crippen molar-refractivity contribution in [1.29, 1.82) is 0 Å². The molecule has 1 saturated carbocycles. The van der Waals surface area contributed by atoms with Crippen LogP contribution in [0.25, 0.3) is 5.57 Å². The van der Waals surface area contributed by atoms with E-state index in [1.165, 1.54) is 6.20 Å². The number of halogens is 3. The molecule has 12 heteroatoms. The fraction of sp³-hybridized carbons (Fsp3) is 0.680. The number of aliphatic imine (C=N–C) groups is 1. The van der Waals surface area contributed by atoms with Crippen molar-refractivity contribution < 1.29 is 27.9 Å². The van der Waals surface area contributed by atoms with Crippen molar-refractivity contribution in [3.8, 4) is 0 Å². The second kappa shape index (κ2) is 9.68. The summed E-state index contributed by atoms with van der Waals surface area (Å²) in [5.41, 5.74) is -1.69. The maximum absolute atomic E-state index is 14.3. The molecule has 2 aliphatic heterocycles. The number of allylic oxidation sites excluding steroid dienone is 1. The maximum atomic E-state index is 14.3. The summed E-state index contributed by atoms with van der Waals surface area (Å²) in [6, 6.07) is -0.332. The van der Waals surface area contributed by atoms with Crippen molar-refractivity contribution >= 4 is 34.6 Å². The Balaban J connectivity index is 1.73. The van der Waals surface area contributed by atoms with Crippen molar-refractivity contribution in [3.63, 3.8) is 0 Å². The number of amidine groups is 1. The molecule has 1 aliphatic carbocycles. The zero-order valence-corrected chi connectivity index (χ0v) is 22.5. The van der Waals surface area contributed by atoms with Gasteiger partial charge in [-0.15, -0.1) is 11.3 Å². The molecule has 0 aromatic carbocycles. The number of aliphatic hydroxyl groups is 1. The van der Waals surface area contributed by atoms with E-state index in [-0.39, 0.29) is 39.1 Å². The summed E-state index contributed by atoms with van der Waals surface area (Å²) in [6.45, 7) is 9.44. The number of aromatic nitrogens is 1. The minimum atomic E-state index is -4.60. The Morgan fingerprint density at radius 2 is 1.97 bits per heavy atom. The highest BCUT2D eigenvalue weighted by Gasteiger charge is 2.47. The molecule has 3 N–H and O–H groups in total. The smallest absolute Gasteiger partial charge is 0.390 e. The Kier molecular flexibility index (Phi) is 7.21. The van der Waals surface area contributed by atoms with Crippen LogP contribution in [0.5, 0.6) is 0 Å². The third-order valence-electron chi connectivity index (χ3n) is 6.84. The molecule has 4 rings (SSSR count). The molecule has 0 spiro atoms. The Bertz CT molecular complexity index is 1130. The lowest BCUT2D eigenvalue weighted by atomic mass is 9.77. The third-order valence-corrected chi connectivity index (χ3v) is 7.94. The molecule has 204 valence electrons. The van der Waals surface area contributed by atoms with E-state index < -0.39 is 41.5 Å². The molecule has 0 bridgehead atoms. The van der Waals surface area contributed by atoms with Gasteiger partial charge >= 0.3 is 6.18 Å². The first-order valence-corrected chi connectivity index (χ1v) is 13.3. The van der Waals surface area contributed by atoms with Crippen LogP contribution in [0.4, 0.5) is 13.2 Å². The molecular formula is C25H34F3N5O3S. The highest BCUT2D eigenvalue weighted by atomic mass is 32.1. The van der Waals surface area contributed by atoms with E-state index >= 15 is 0 Å². The molecule has 8 nitrogen and oxygen atoms in total. The van der Waals surface area contributed by atoms with E-state index in [9.17, 15) is 27.9 Å². The van der Waals surface area contributed by atoms with Crippen LogP contribution in [0.2, 0.25) is 0 Å². The van der Waals surface area contributed by atoms with Gasteiger partial charge in [0.2, 0.25) is 0 Å². The topological polar surface area (TPSA) is 107 Å². The molecule has 1 aromatic rings. The van der Waals surface area contributed by atoms with E-state index in [1.54, 1.807) is 32.6 Å². The SMILES string of the molecule is C[C@H]1CCCN1C(=O)c1nc(C(=O)NC2CC(C)(O)C2)sc1C1=CNC(=NC(C)(C)C)CC1C(F)(F)F. The van der Waals surface area contributed by atoms with E-state index in [1.807, 2.05) is 6.92 Å². The molecule has 2 atom stereocenters. The Hall–Kier alpha value is -2.47. The second-order valence-electron chi connectivity index (χ2n) is 11.5. The number of hydrogen-bond acceptors (Lipinski definition) is 6. The summed E-state index contributed by atoms with van der Waals surface area (Å²) >= 11 is 0.792. The molecular weight excluding hydrogens is 507 g/mol. The van der Waals surface area contributed by atoms with Crippen LogP contribution in [0.15, 0.2) is 11.2 Å². The molecule has 1 unspecified atom stereocenters. The van der Waals surface area contributed by atoms with Gasteiger partial charge in [-0.25, -0.2) is 4.98 Å². The van der Waals surface area contributed by atoms with Gasteiger partial charge < -0.3 is 20.6 Å². The Morgan fingerprint density at radius 3 is 2.51 bits per heavy atom. The van der Waals surface area contributed by atoms with Gasteiger partial charge in [-0.05, 0) is 60.3 Å². The van der Waals surface area contributed by atoms with Gasteiger partial charge in [0.25, 0.3) is 11.8 Å². The summed E-state index contributed by atoms with van der Waals surface area (Å²) in [4.78, 5) is 36.8. The second-order valence-corrected chi connectivity index (χ2v) is 12.5. The number of carbonyl (C=O) groups excluding carboxylic acids is 2. The van der Waals surface area contributed by atoms with Gasteiger partial charge in [0.1, 0.15) is 11.5 Å². The summed E-state index contributed by atoms with van der Waals surface area (Å²) < 4.78 is 42.9. The van der Waals surface area contributed by atoms with E-state index in [0.29, 0.717) is 19.4 Å². The molecule has 37 heavy (non-hydrogen) atoms. The number of nitrogens with one attached hydrogen (secondary N) is 2. The molecule has 2 amide bonds. The first-order chi connectivity index (χ1) is 17.0. The van der Waals surface area contributed by atoms with Gasteiger partial charge in [-0.1, -0.05) is 0 Å². The minimum absolute atomic E-state index is 0.0412. The zero-order chi connectivity index (χ0) is 27.3. The summed E-state index contributed by atoms with van der Waals surface area (Å²) in [7, 11) is 0. The average Bonchev–Trinajstić information content (AvgIpc) is 3.37. The number of thiazole rings is 1. The van der Waals surface area contributed by atoms with Crippen molar-refractivity contribution in [2.75, 3.05) is 6.54 Å². The van der Waals surface area contributed by atoms with E-state index in [2.05, 4.69) is 20.6 Å². The largest absolute Gasteiger partial charge is 0.396 e. The van der Waals surface area contributed by atoms with Gasteiger partial charge in [0.05, 0.1) is 21.9 Å². The number of rotatable bonds is 4. The van der Waals surface area contributed by atoms with Gasteiger partial charge in [-0.2, -0.15) is 13.2 Å². The lowest BCUT2D eigenvalue weighted by molar-refractivity contribution is -0.156. The predicted molar refractivity (Wildman–Crippen MR) is 135 cm³/mol. The van der Waals surface area contributed by atoms with Crippen molar-refractivity contribution in [2.45, 2.75) is 96.1 Å². The van der Waals surface area contributed by atoms with E-state index in [0.717, 1.165) is 24.2 Å². The molecule has 3 heterocycles. The molecule has 3 aliphatic rings. The Morgan fingerprint density at radius 1 is 1.30 bits per heavy atom. The van der Waals surface area contributed by atoms with Crippen LogP contribution in [0.1, 0.15) is 91.9 Å². The van der Waals surface area contributed by atoms with E-state index in [4.69, 9.17) is 0 Å². The fourth-order valence-electron chi connectivity index (χ4n) is 5.10. The summed E-state index contributed by atoms with van der Waals surface area (Å²) in [5.74, 6) is -2.74. The number of nitrogens with zero attached hydrogens (tertiary/aromatic N) is 3. The monoisotopic (exact) mass is 541 g/mol. The first-order valence-electron chi connectivity index (χ1n) is 12.5. The van der Waals surface area contributed by atoms with Crippen LogP contribution in [-0.4, -0.2) is 68.6 Å². The van der Waals surface area contributed by atoms with Crippen molar-refractivity contribution in [3.05, 3.63) is 21.8 Å². The van der Waals surface area contributed by atoms with Crippen molar-refractivity contribution in [1.82, 2.24) is 20.5 Å². The number of amides is 2. The van der Waals surface area contributed by atoms with Gasteiger partial charge in [0, 0.05) is 36.8 Å². The minimum Gasteiger partial charge on any atom is -0.390 e. The number of alkyl halides is 3. The van der Waals surface area contributed by atoms with Crippen LogP contribution in [0.3, 0.4) is 0 Å². The first kappa shape index (κ1) is 27.6. The molecule has 2 fully saturated rings. The van der Waals surface area contributed by atoms with Crippen LogP contribution >= 0.6 is 11.3 Å². The summed E-state index contributed by atoms with van der Waals surface area (Å²) in [6.07, 6.45) is -1.43. The lowest BCUT2D eigenvalue weighted by Gasteiger charge is -2.40. The summed E-state index contributed by atoms with van der Waals surface area (Å²) in [5, 5.41) is 15.5. The van der Waals surface area contributed by atoms with Crippen LogP contribution < -0.4 is 10.6 Å². The fourth-order valence-corrected chi connectivity index (χ4v) is 6.13.